The van der Waals surface area contributed by atoms with Gasteiger partial charge in [0.05, 0.1) is 0 Å². The quantitative estimate of drug-likeness (QED) is 0.653. The Morgan fingerprint density at radius 2 is 2.00 bits per heavy atom. The lowest BCUT2D eigenvalue weighted by Crippen LogP contribution is -2.36. The second kappa shape index (κ2) is 3.85. The normalized spacial score (nSPS) is 20.7. The minimum absolute atomic E-state index is 0.0326. The molecule has 1 aliphatic heterocycles. The number of amides is 2. The molecular formula is C12H13NO2. The average molecular weight is 203 g/mol. The summed E-state index contributed by atoms with van der Waals surface area (Å²) in [5.41, 5.74) is 0.583. The molecule has 2 rings (SSSR count). The van der Waals surface area contributed by atoms with Gasteiger partial charge >= 0.3 is 0 Å². The van der Waals surface area contributed by atoms with Crippen molar-refractivity contribution < 1.29 is 9.59 Å². The molecule has 2 amide bonds. The van der Waals surface area contributed by atoms with Crippen LogP contribution in [0, 0.1) is 0 Å². The Hall–Kier alpha value is -1.64. The molecule has 0 saturated carbocycles. The fourth-order valence-electron chi connectivity index (χ4n) is 1.86. The zero-order valence-electron chi connectivity index (χ0n) is 8.64. The highest BCUT2D eigenvalue weighted by Gasteiger charge is 2.33. The van der Waals surface area contributed by atoms with Gasteiger partial charge in [-0.15, -0.1) is 0 Å². The van der Waals surface area contributed by atoms with Crippen LogP contribution in [0.2, 0.25) is 0 Å². The van der Waals surface area contributed by atoms with Crippen molar-refractivity contribution in [2.24, 2.45) is 0 Å². The molecule has 3 heteroatoms. The lowest BCUT2D eigenvalue weighted by Gasteiger charge is -2.19. The Labute approximate surface area is 88.7 Å². The van der Waals surface area contributed by atoms with Gasteiger partial charge in [-0.3, -0.25) is 14.5 Å². The first-order valence-corrected chi connectivity index (χ1v) is 5.11. The van der Waals surface area contributed by atoms with Crippen molar-refractivity contribution in [3.8, 4) is 0 Å². The number of hydrogen-bond donors (Lipinski definition) is 0. The topological polar surface area (TPSA) is 37.4 Å². The fraction of sp³-hybridized carbons (Fsp3) is 0.333. The van der Waals surface area contributed by atoms with Crippen LogP contribution in [0.4, 0.5) is 0 Å². The van der Waals surface area contributed by atoms with Gasteiger partial charge in [0, 0.05) is 18.0 Å². The Kier molecular flexibility index (Phi) is 2.54. The highest BCUT2D eigenvalue weighted by Crippen LogP contribution is 2.20. The first-order valence-electron chi connectivity index (χ1n) is 5.11. The maximum Gasteiger partial charge on any atom is 0.260 e. The fourth-order valence-corrected chi connectivity index (χ4v) is 1.86. The largest absolute Gasteiger partial charge is 0.276 e. The zero-order valence-corrected chi connectivity index (χ0v) is 8.64. The molecule has 1 heterocycles. The average Bonchev–Trinajstić information content (AvgIpc) is 2.59. The molecule has 0 spiro atoms. The third-order valence-electron chi connectivity index (χ3n) is 2.72. The molecule has 1 fully saturated rings. The van der Waals surface area contributed by atoms with E-state index in [1.165, 1.54) is 4.90 Å². The van der Waals surface area contributed by atoms with Gasteiger partial charge < -0.3 is 0 Å². The van der Waals surface area contributed by atoms with Crippen LogP contribution in [0.1, 0.15) is 30.1 Å². The van der Waals surface area contributed by atoms with Crippen molar-refractivity contribution >= 4 is 11.8 Å². The number of hydrogen-bond acceptors (Lipinski definition) is 2. The predicted molar refractivity (Wildman–Crippen MR) is 56.3 cm³/mol. The van der Waals surface area contributed by atoms with E-state index in [1.54, 1.807) is 24.3 Å². The first-order chi connectivity index (χ1) is 7.20. The highest BCUT2D eigenvalue weighted by atomic mass is 16.2. The summed E-state index contributed by atoms with van der Waals surface area (Å²) in [5.74, 6) is -0.234. The van der Waals surface area contributed by atoms with Crippen molar-refractivity contribution in [2.75, 3.05) is 0 Å². The Balaban J connectivity index is 2.25. The molecular weight excluding hydrogens is 190 g/mol. The van der Waals surface area contributed by atoms with Crippen molar-refractivity contribution in [3.05, 3.63) is 35.9 Å². The van der Waals surface area contributed by atoms with E-state index in [0.717, 1.165) is 6.42 Å². The maximum absolute atomic E-state index is 12.0. The molecule has 0 bridgehead atoms. The molecule has 0 aliphatic carbocycles. The van der Waals surface area contributed by atoms with E-state index in [-0.39, 0.29) is 17.9 Å². The minimum Gasteiger partial charge on any atom is -0.276 e. The summed E-state index contributed by atoms with van der Waals surface area (Å²) in [5, 5.41) is 0. The van der Waals surface area contributed by atoms with Gasteiger partial charge in [-0.2, -0.15) is 0 Å². The standard InChI is InChI=1S/C12H13NO2/c1-9-7-8-11(14)13(9)12(15)10-5-3-2-4-6-10/h2-6,9H,7-8H2,1H3/t9-/m1/s1. The van der Waals surface area contributed by atoms with Gasteiger partial charge in [0.15, 0.2) is 0 Å². The summed E-state index contributed by atoms with van der Waals surface area (Å²) < 4.78 is 0. The molecule has 78 valence electrons. The van der Waals surface area contributed by atoms with Gasteiger partial charge in [-0.1, -0.05) is 18.2 Å². The van der Waals surface area contributed by atoms with Crippen LogP contribution in [0.25, 0.3) is 0 Å². The van der Waals surface area contributed by atoms with Crippen LogP contribution in [0.3, 0.4) is 0 Å². The third-order valence-corrected chi connectivity index (χ3v) is 2.72. The van der Waals surface area contributed by atoms with E-state index in [2.05, 4.69) is 0 Å². The Morgan fingerprint density at radius 3 is 2.53 bits per heavy atom. The first kappa shape index (κ1) is 9.90. The highest BCUT2D eigenvalue weighted by molar-refractivity contribution is 6.05. The number of imide groups is 1. The number of benzene rings is 1. The number of likely N-dealkylation sites (tertiary alicyclic amines) is 1. The lowest BCUT2D eigenvalue weighted by molar-refractivity contribution is -0.126. The van der Waals surface area contributed by atoms with Crippen molar-refractivity contribution in [1.82, 2.24) is 4.90 Å². The number of rotatable bonds is 1. The molecule has 1 aromatic carbocycles. The van der Waals surface area contributed by atoms with Crippen molar-refractivity contribution in [1.29, 1.82) is 0 Å². The minimum atomic E-state index is -0.175. The predicted octanol–water partition coefficient (Wildman–Crippen LogP) is 1.84. The Bertz CT molecular complexity index is 386. The summed E-state index contributed by atoms with van der Waals surface area (Å²) in [6.45, 7) is 1.91. The van der Waals surface area contributed by atoms with Crippen LogP contribution in [-0.4, -0.2) is 22.8 Å². The molecule has 1 saturated heterocycles. The Morgan fingerprint density at radius 1 is 1.33 bits per heavy atom. The second-order valence-corrected chi connectivity index (χ2v) is 3.82. The SMILES string of the molecule is C[C@@H]1CCC(=O)N1C(=O)c1ccccc1. The van der Waals surface area contributed by atoms with E-state index < -0.39 is 0 Å². The van der Waals surface area contributed by atoms with Gasteiger partial charge in [-0.25, -0.2) is 0 Å². The summed E-state index contributed by atoms with van der Waals surface area (Å²) in [6, 6.07) is 8.97. The second-order valence-electron chi connectivity index (χ2n) is 3.82. The van der Waals surface area contributed by atoms with Gasteiger partial charge in [0.1, 0.15) is 0 Å². The summed E-state index contributed by atoms with van der Waals surface area (Å²) in [7, 11) is 0. The molecule has 15 heavy (non-hydrogen) atoms. The summed E-state index contributed by atoms with van der Waals surface area (Å²) in [4.78, 5) is 24.8. The lowest BCUT2D eigenvalue weighted by atomic mass is 10.2. The monoisotopic (exact) mass is 203 g/mol. The molecule has 1 atom stereocenters. The number of carbonyl (C=O) groups is 2. The summed E-state index contributed by atoms with van der Waals surface area (Å²) in [6.07, 6.45) is 1.26. The van der Waals surface area contributed by atoms with Gasteiger partial charge in [0.25, 0.3) is 5.91 Å². The number of carbonyl (C=O) groups excluding carboxylic acids is 2. The van der Waals surface area contributed by atoms with Crippen LogP contribution < -0.4 is 0 Å². The van der Waals surface area contributed by atoms with E-state index >= 15 is 0 Å². The third kappa shape index (κ3) is 1.77. The molecule has 1 aromatic rings. The molecule has 1 aliphatic rings. The molecule has 0 radical (unpaired) electrons. The van der Waals surface area contributed by atoms with Crippen molar-refractivity contribution in [3.63, 3.8) is 0 Å². The van der Waals surface area contributed by atoms with E-state index in [4.69, 9.17) is 0 Å². The zero-order chi connectivity index (χ0) is 10.8. The smallest absolute Gasteiger partial charge is 0.260 e. The summed E-state index contributed by atoms with van der Waals surface area (Å²) >= 11 is 0. The molecule has 3 nitrogen and oxygen atoms in total. The van der Waals surface area contributed by atoms with Crippen LogP contribution in [0.5, 0.6) is 0 Å². The van der Waals surface area contributed by atoms with Gasteiger partial charge in [-0.05, 0) is 25.5 Å². The number of nitrogens with zero attached hydrogens (tertiary/aromatic N) is 1. The molecule has 0 aromatic heterocycles. The van der Waals surface area contributed by atoms with Crippen LogP contribution in [0.15, 0.2) is 30.3 Å². The van der Waals surface area contributed by atoms with Crippen molar-refractivity contribution in [2.45, 2.75) is 25.8 Å². The van der Waals surface area contributed by atoms with Crippen LogP contribution in [-0.2, 0) is 4.79 Å². The van der Waals surface area contributed by atoms with E-state index in [9.17, 15) is 9.59 Å². The van der Waals surface area contributed by atoms with E-state index in [0.29, 0.717) is 12.0 Å². The molecule has 0 N–H and O–H groups in total. The molecule has 0 unspecified atom stereocenters. The van der Waals surface area contributed by atoms with Gasteiger partial charge in [0.2, 0.25) is 5.91 Å². The maximum atomic E-state index is 12.0. The van der Waals surface area contributed by atoms with E-state index in [1.807, 2.05) is 13.0 Å². The van der Waals surface area contributed by atoms with Crippen LogP contribution >= 0.6 is 0 Å².